The number of carboxylic acids is 1. The Balaban J connectivity index is 2.17. The SMILES string of the molecule is O=C(O)c1occc1COc1cc(Cl)c(Br)cc1Cl. The summed E-state index contributed by atoms with van der Waals surface area (Å²) in [4.78, 5) is 10.9. The second-order valence-corrected chi connectivity index (χ2v) is 5.23. The molecule has 1 heterocycles. The zero-order chi connectivity index (χ0) is 14.0. The summed E-state index contributed by atoms with van der Waals surface area (Å²) >= 11 is 15.2. The van der Waals surface area contributed by atoms with Crippen molar-refractivity contribution in [3.05, 3.63) is 50.3 Å². The number of benzene rings is 1. The first-order chi connectivity index (χ1) is 8.99. The van der Waals surface area contributed by atoms with Crippen molar-refractivity contribution in [3.8, 4) is 5.75 Å². The van der Waals surface area contributed by atoms with Gasteiger partial charge in [-0.15, -0.1) is 0 Å². The third-order valence-corrected chi connectivity index (χ3v) is 3.79. The quantitative estimate of drug-likeness (QED) is 0.802. The van der Waals surface area contributed by atoms with Gasteiger partial charge >= 0.3 is 5.97 Å². The maximum Gasteiger partial charge on any atom is 0.372 e. The molecule has 4 nitrogen and oxygen atoms in total. The largest absolute Gasteiger partial charge is 0.487 e. The molecule has 0 atom stereocenters. The summed E-state index contributed by atoms with van der Waals surface area (Å²) in [6, 6.07) is 4.68. The van der Waals surface area contributed by atoms with Crippen molar-refractivity contribution in [2.75, 3.05) is 0 Å². The number of hydrogen-bond acceptors (Lipinski definition) is 3. The van der Waals surface area contributed by atoms with E-state index in [1.54, 1.807) is 12.1 Å². The topological polar surface area (TPSA) is 59.7 Å². The number of furan rings is 1. The van der Waals surface area contributed by atoms with Crippen molar-refractivity contribution in [1.82, 2.24) is 0 Å². The Morgan fingerprint density at radius 3 is 2.79 bits per heavy atom. The van der Waals surface area contributed by atoms with Gasteiger partial charge in [0.2, 0.25) is 5.76 Å². The number of aromatic carboxylic acids is 1. The van der Waals surface area contributed by atoms with Crippen LogP contribution in [0.1, 0.15) is 16.1 Å². The number of hydrogen-bond donors (Lipinski definition) is 1. The minimum atomic E-state index is -1.15. The van der Waals surface area contributed by atoms with E-state index in [-0.39, 0.29) is 12.4 Å². The summed E-state index contributed by atoms with van der Waals surface area (Å²) in [5.41, 5.74) is 0.419. The molecule has 0 saturated carbocycles. The summed E-state index contributed by atoms with van der Waals surface area (Å²) in [6.45, 7) is 0.0236. The molecule has 7 heteroatoms. The summed E-state index contributed by atoms with van der Waals surface area (Å²) < 4.78 is 10.9. The molecular weight excluding hydrogens is 359 g/mol. The third-order valence-electron chi connectivity index (χ3n) is 2.30. The molecule has 100 valence electrons. The van der Waals surface area contributed by atoms with Gasteiger partial charge in [-0.3, -0.25) is 0 Å². The smallest absolute Gasteiger partial charge is 0.372 e. The first-order valence-corrected chi connectivity index (χ1v) is 6.61. The highest BCUT2D eigenvalue weighted by Crippen LogP contribution is 2.34. The van der Waals surface area contributed by atoms with Crippen LogP contribution < -0.4 is 4.74 Å². The Kier molecular flexibility index (Phi) is 4.39. The Morgan fingerprint density at radius 1 is 1.37 bits per heavy atom. The van der Waals surface area contributed by atoms with Crippen LogP contribution in [0.3, 0.4) is 0 Å². The van der Waals surface area contributed by atoms with E-state index >= 15 is 0 Å². The lowest BCUT2D eigenvalue weighted by Crippen LogP contribution is -2.02. The van der Waals surface area contributed by atoms with E-state index in [1.165, 1.54) is 12.3 Å². The van der Waals surface area contributed by atoms with Gasteiger partial charge in [0.25, 0.3) is 0 Å². The molecule has 0 unspecified atom stereocenters. The fraction of sp³-hybridized carbons (Fsp3) is 0.0833. The molecule has 1 aromatic heterocycles. The predicted octanol–water partition coefficient (Wildman–Crippen LogP) is 4.63. The van der Waals surface area contributed by atoms with Gasteiger partial charge < -0.3 is 14.3 Å². The minimum Gasteiger partial charge on any atom is -0.487 e. The van der Waals surface area contributed by atoms with Gasteiger partial charge in [0.15, 0.2) is 0 Å². The highest BCUT2D eigenvalue weighted by atomic mass is 79.9. The molecule has 0 bridgehead atoms. The molecule has 0 spiro atoms. The number of carboxylic acid groups (broad SMARTS) is 1. The van der Waals surface area contributed by atoms with Gasteiger partial charge in [-0.2, -0.15) is 0 Å². The van der Waals surface area contributed by atoms with Crippen LogP contribution in [0, 0.1) is 0 Å². The Hall–Kier alpha value is -1.17. The van der Waals surface area contributed by atoms with Crippen LogP contribution in [0.25, 0.3) is 0 Å². The van der Waals surface area contributed by atoms with Gasteiger partial charge in [-0.1, -0.05) is 23.2 Å². The molecule has 0 aliphatic rings. The minimum absolute atomic E-state index is 0.0236. The van der Waals surface area contributed by atoms with Crippen molar-refractivity contribution in [2.24, 2.45) is 0 Å². The molecule has 0 saturated heterocycles. The van der Waals surface area contributed by atoms with E-state index in [0.717, 1.165) is 0 Å². The van der Waals surface area contributed by atoms with Crippen molar-refractivity contribution >= 4 is 45.1 Å². The van der Waals surface area contributed by atoms with Crippen molar-refractivity contribution in [2.45, 2.75) is 6.61 Å². The molecule has 0 amide bonds. The van der Waals surface area contributed by atoms with Gasteiger partial charge in [-0.25, -0.2) is 4.79 Å². The molecule has 0 fully saturated rings. The normalized spacial score (nSPS) is 10.5. The van der Waals surface area contributed by atoms with Crippen molar-refractivity contribution in [1.29, 1.82) is 0 Å². The highest BCUT2D eigenvalue weighted by molar-refractivity contribution is 9.10. The summed E-state index contributed by atoms with van der Waals surface area (Å²) in [7, 11) is 0. The summed E-state index contributed by atoms with van der Waals surface area (Å²) in [5.74, 6) is -0.935. The predicted molar refractivity (Wildman–Crippen MR) is 74.2 cm³/mol. The van der Waals surface area contributed by atoms with E-state index in [0.29, 0.717) is 25.8 Å². The average Bonchev–Trinajstić information content (AvgIpc) is 2.80. The van der Waals surface area contributed by atoms with Crippen LogP contribution in [0.5, 0.6) is 5.75 Å². The second-order valence-electron chi connectivity index (χ2n) is 3.57. The molecular formula is C12H7BrCl2O4. The first kappa shape index (κ1) is 14.2. The first-order valence-electron chi connectivity index (χ1n) is 5.06. The van der Waals surface area contributed by atoms with Gasteiger partial charge in [0.05, 0.1) is 16.3 Å². The van der Waals surface area contributed by atoms with E-state index in [4.69, 9.17) is 37.5 Å². The molecule has 1 N–H and O–H groups in total. The number of halogens is 3. The Morgan fingerprint density at radius 2 is 2.11 bits per heavy atom. The maximum atomic E-state index is 10.9. The maximum absolute atomic E-state index is 10.9. The van der Waals surface area contributed by atoms with Crippen LogP contribution in [0.2, 0.25) is 10.0 Å². The zero-order valence-corrected chi connectivity index (χ0v) is 12.4. The summed E-state index contributed by atoms with van der Waals surface area (Å²) in [6.07, 6.45) is 1.29. The van der Waals surface area contributed by atoms with Crippen LogP contribution in [0.4, 0.5) is 0 Å². The lowest BCUT2D eigenvalue weighted by Gasteiger charge is -2.08. The molecule has 2 aromatic rings. The molecule has 0 aliphatic carbocycles. The van der Waals surface area contributed by atoms with Crippen LogP contribution in [-0.4, -0.2) is 11.1 Å². The number of ether oxygens (including phenoxy) is 1. The Bertz CT molecular complexity index is 624. The average molecular weight is 366 g/mol. The molecule has 0 radical (unpaired) electrons. The molecule has 19 heavy (non-hydrogen) atoms. The number of carbonyl (C=O) groups is 1. The standard InChI is InChI=1S/C12H7BrCl2O4/c13-7-3-9(15)10(4-8(7)14)19-5-6-1-2-18-11(6)12(16)17/h1-4H,5H2,(H,16,17). The van der Waals surface area contributed by atoms with Gasteiger partial charge in [-0.05, 0) is 28.1 Å². The third kappa shape index (κ3) is 3.23. The number of rotatable bonds is 4. The fourth-order valence-corrected chi connectivity index (χ4v) is 2.25. The lowest BCUT2D eigenvalue weighted by molar-refractivity contribution is 0.0658. The van der Waals surface area contributed by atoms with Crippen LogP contribution in [-0.2, 0) is 6.61 Å². The molecule has 2 rings (SSSR count). The van der Waals surface area contributed by atoms with E-state index in [2.05, 4.69) is 15.9 Å². The zero-order valence-electron chi connectivity index (χ0n) is 9.32. The Labute approximate surface area is 127 Å². The second kappa shape index (κ2) is 5.86. The highest BCUT2D eigenvalue weighted by Gasteiger charge is 2.15. The lowest BCUT2D eigenvalue weighted by atomic mass is 10.2. The van der Waals surface area contributed by atoms with E-state index in [1.807, 2.05) is 0 Å². The monoisotopic (exact) mass is 364 g/mol. The van der Waals surface area contributed by atoms with Gasteiger partial charge in [0, 0.05) is 16.1 Å². The van der Waals surface area contributed by atoms with Crippen LogP contribution >= 0.6 is 39.1 Å². The summed E-state index contributed by atoms with van der Waals surface area (Å²) in [5, 5.41) is 9.71. The fourth-order valence-electron chi connectivity index (χ4n) is 1.41. The van der Waals surface area contributed by atoms with Crippen molar-refractivity contribution in [3.63, 3.8) is 0 Å². The van der Waals surface area contributed by atoms with E-state index in [9.17, 15) is 4.79 Å². The van der Waals surface area contributed by atoms with Crippen molar-refractivity contribution < 1.29 is 19.1 Å². The van der Waals surface area contributed by atoms with E-state index < -0.39 is 5.97 Å². The van der Waals surface area contributed by atoms with Crippen LogP contribution in [0.15, 0.2) is 33.4 Å². The molecule has 0 aliphatic heterocycles. The molecule has 1 aromatic carbocycles. The van der Waals surface area contributed by atoms with Gasteiger partial charge in [0.1, 0.15) is 12.4 Å².